The van der Waals surface area contributed by atoms with E-state index in [2.05, 4.69) is 6.07 Å². The first-order valence-electron chi connectivity index (χ1n) is 13.0. The zero-order valence-electron chi connectivity index (χ0n) is 22.2. The summed E-state index contributed by atoms with van der Waals surface area (Å²) in [5.41, 5.74) is -1.87. The van der Waals surface area contributed by atoms with Crippen molar-refractivity contribution in [3.05, 3.63) is 69.2 Å². The lowest BCUT2D eigenvalue weighted by Gasteiger charge is -2.42. The molecule has 210 valence electrons. The number of carbonyl (C=O) groups is 1. The minimum Gasteiger partial charge on any atom is -0.394 e. The maximum atomic E-state index is 15.8. The van der Waals surface area contributed by atoms with Crippen LogP contribution in [0.4, 0.5) is 8.78 Å². The van der Waals surface area contributed by atoms with Gasteiger partial charge in [0.2, 0.25) is 5.91 Å². The molecule has 0 bridgehead atoms. The Kier molecular flexibility index (Phi) is 8.61. The van der Waals surface area contributed by atoms with Gasteiger partial charge >= 0.3 is 0 Å². The molecule has 0 saturated carbocycles. The van der Waals surface area contributed by atoms with Crippen molar-refractivity contribution in [3.63, 3.8) is 0 Å². The van der Waals surface area contributed by atoms with Crippen molar-refractivity contribution in [2.24, 2.45) is 5.41 Å². The summed E-state index contributed by atoms with van der Waals surface area (Å²) < 4.78 is 31.6. The zero-order valence-corrected chi connectivity index (χ0v) is 23.7. The van der Waals surface area contributed by atoms with Crippen molar-refractivity contribution in [3.8, 4) is 6.07 Å². The van der Waals surface area contributed by atoms with Gasteiger partial charge in [0.1, 0.15) is 17.0 Å². The monoisotopic (exact) mass is 579 g/mol. The number of halogens is 4. The molecule has 2 heterocycles. The van der Waals surface area contributed by atoms with E-state index in [4.69, 9.17) is 23.2 Å². The second-order valence-electron chi connectivity index (χ2n) is 11.6. The molecule has 2 aromatic carbocycles. The van der Waals surface area contributed by atoms with Crippen LogP contribution in [0.1, 0.15) is 50.7 Å². The van der Waals surface area contributed by atoms with Gasteiger partial charge < -0.3 is 15.1 Å². The number of piperazine rings is 1. The largest absolute Gasteiger partial charge is 0.394 e. The highest BCUT2D eigenvalue weighted by Gasteiger charge is 2.66. The van der Waals surface area contributed by atoms with Gasteiger partial charge in [0.25, 0.3) is 0 Å². The van der Waals surface area contributed by atoms with Gasteiger partial charge in [0.05, 0.1) is 29.8 Å². The van der Waals surface area contributed by atoms with Gasteiger partial charge in [0.15, 0.2) is 0 Å². The number of nitrogens with zero attached hydrogens (tertiary/aromatic N) is 3. The first-order chi connectivity index (χ1) is 18.4. The summed E-state index contributed by atoms with van der Waals surface area (Å²) in [6, 6.07) is 9.33. The van der Waals surface area contributed by atoms with Crippen molar-refractivity contribution in [2.75, 3.05) is 26.2 Å². The summed E-state index contributed by atoms with van der Waals surface area (Å²) in [5.74, 6) is -2.90. The van der Waals surface area contributed by atoms with Gasteiger partial charge in [-0.05, 0) is 42.0 Å². The van der Waals surface area contributed by atoms with E-state index in [1.165, 1.54) is 24.3 Å². The smallest absolute Gasteiger partial charge is 0.240 e. The first kappa shape index (κ1) is 29.7. The molecule has 2 saturated heterocycles. The van der Waals surface area contributed by atoms with Crippen LogP contribution in [0, 0.1) is 28.4 Å². The molecule has 5 atom stereocenters. The van der Waals surface area contributed by atoms with Gasteiger partial charge in [-0.1, -0.05) is 62.2 Å². The third-order valence-electron chi connectivity index (χ3n) is 7.91. The van der Waals surface area contributed by atoms with Crippen LogP contribution >= 0.6 is 23.2 Å². The summed E-state index contributed by atoms with van der Waals surface area (Å²) >= 11 is 12.3. The molecule has 4 rings (SSSR count). The number of aliphatic hydroxyl groups is 2. The van der Waals surface area contributed by atoms with Crippen LogP contribution in [-0.4, -0.2) is 70.3 Å². The Labute approximate surface area is 237 Å². The predicted octanol–water partition coefficient (Wildman–Crippen LogP) is 4.89. The minimum absolute atomic E-state index is 0.0532. The SMILES string of the molecule is CC(C)(C)C[C@H]1N2CCN(CCC(O)CO)C(=O)[C@@H]2[C@@H](c2cccc(Cl)c2F)[C@]1(C#N)c1ccc(Cl)cc1F. The number of hydrogen-bond acceptors (Lipinski definition) is 5. The lowest BCUT2D eigenvalue weighted by molar-refractivity contribution is -0.142. The van der Waals surface area contributed by atoms with Gasteiger partial charge in [0, 0.05) is 42.2 Å². The third-order valence-corrected chi connectivity index (χ3v) is 8.44. The Morgan fingerprint density at radius 1 is 1.21 bits per heavy atom. The number of nitriles is 1. The highest BCUT2D eigenvalue weighted by molar-refractivity contribution is 6.31. The van der Waals surface area contributed by atoms with Crippen LogP contribution in [0.2, 0.25) is 10.0 Å². The van der Waals surface area contributed by atoms with Crippen molar-refractivity contribution < 1.29 is 23.8 Å². The maximum absolute atomic E-state index is 15.8. The van der Waals surface area contributed by atoms with Crippen LogP contribution in [0.25, 0.3) is 0 Å². The number of amides is 1. The number of aliphatic hydroxyl groups excluding tert-OH is 2. The molecule has 2 aliphatic heterocycles. The topological polar surface area (TPSA) is 87.8 Å². The molecule has 2 aromatic rings. The highest BCUT2D eigenvalue weighted by Crippen LogP contribution is 2.57. The zero-order chi connectivity index (χ0) is 28.7. The fraction of sp³-hybridized carbons (Fsp3) is 0.517. The second kappa shape index (κ2) is 11.3. The molecule has 0 aromatic heterocycles. The summed E-state index contributed by atoms with van der Waals surface area (Å²) in [6.45, 7) is 6.43. The Bertz CT molecular complexity index is 1280. The summed E-state index contributed by atoms with van der Waals surface area (Å²) in [5, 5.41) is 30.1. The number of fused-ring (bicyclic) bond motifs is 1. The molecule has 10 heteroatoms. The molecule has 2 N–H and O–H groups in total. The van der Waals surface area contributed by atoms with E-state index >= 15 is 8.78 Å². The standard InChI is InChI=1S/C29H33Cl2F2N3O3/c1-28(2,3)14-23-29(16-34,20-8-7-17(30)13-22(20)32)24(19-5-4-6-21(31)25(19)33)26-27(39)35(11-12-36(23)26)10-9-18(38)15-37/h4-8,13,18,23-24,26,37-38H,9-12,14-15H2,1-3H3/t18?,23-,24-,26+,29-/m1/s1. The average Bonchev–Trinajstić information content (AvgIpc) is 3.14. The fourth-order valence-corrected chi connectivity index (χ4v) is 6.59. The second-order valence-corrected chi connectivity index (χ2v) is 12.5. The lowest BCUT2D eigenvalue weighted by Crippen LogP contribution is -2.58. The molecule has 2 aliphatic rings. The quantitative estimate of drug-likeness (QED) is 0.487. The normalized spacial score (nSPS) is 26.4. The van der Waals surface area contributed by atoms with Crippen molar-refractivity contribution in [2.45, 2.75) is 63.1 Å². The number of carbonyl (C=O) groups excluding carboxylic acids is 1. The van der Waals surface area contributed by atoms with E-state index in [9.17, 15) is 20.3 Å². The lowest BCUT2D eigenvalue weighted by atomic mass is 9.62. The summed E-state index contributed by atoms with van der Waals surface area (Å²) in [4.78, 5) is 17.6. The number of rotatable bonds is 7. The first-order valence-corrected chi connectivity index (χ1v) is 13.8. The van der Waals surface area contributed by atoms with Crippen LogP contribution in [-0.2, 0) is 10.2 Å². The van der Waals surface area contributed by atoms with E-state index in [1.54, 1.807) is 11.0 Å². The molecule has 1 unspecified atom stereocenters. The van der Waals surface area contributed by atoms with Gasteiger partial charge in [-0.3, -0.25) is 9.69 Å². The van der Waals surface area contributed by atoms with Crippen molar-refractivity contribution in [1.29, 1.82) is 5.26 Å². The molecule has 6 nitrogen and oxygen atoms in total. The average molecular weight is 581 g/mol. The maximum Gasteiger partial charge on any atom is 0.240 e. The molecular weight excluding hydrogens is 547 g/mol. The van der Waals surface area contributed by atoms with Gasteiger partial charge in [-0.2, -0.15) is 5.26 Å². The van der Waals surface area contributed by atoms with Crippen molar-refractivity contribution in [1.82, 2.24) is 9.80 Å². The minimum atomic E-state index is -1.66. The van der Waals surface area contributed by atoms with E-state index < -0.39 is 47.8 Å². The van der Waals surface area contributed by atoms with E-state index in [1.807, 2.05) is 25.7 Å². The summed E-state index contributed by atoms with van der Waals surface area (Å²) in [6.07, 6.45) is -0.407. The van der Waals surface area contributed by atoms with E-state index in [-0.39, 0.29) is 45.5 Å². The Morgan fingerprint density at radius 2 is 1.92 bits per heavy atom. The summed E-state index contributed by atoms with van der Waals surface area (Å²) in [7, 11) is 0. The highest BCUT2D eigenvalue weighted by atomic mass is 35.5. The van der Waals surface area contributed by atoms with Crippen LogP contribution in [0.5, 0.6) is 0 Å². The van der Waals surface area contributed by atoms with Gasteiger partial charge in [-0.25, -0.2) is 8.78 Å². The van der Waals surface area contributed by atoms with E-state index in [0.717, 1.165) is 6.07 Å². The fourth-order valence-electron chi connectivity index (χ4n) is 6.24. The molecule has 39 heavy (non-hydrogen) atoms. The predicted molar refractivity (Wildman–Crippen MR) is 145 cm³/mol. The number of benzene rings is 2. The third kappa shape index (κ3) is 5.40. The van der Waals surface area contributed by atoms with Crippen LogP contribution in [0.3, 0.4) is 0 Å². The molecule has 2 fully saturated rings. The molecule has 0 aliphatic carbocycles. The van der Waals surface area contributed by atoms with Gasteiger partial charge in [-0.15, -0.1) is 0 Å². The molecular formula is C29H33Cl2F2N3O3. The molecule has 1 amide bonds. The van der Waals surface area contributed by atoms with Crippen molar-refractivity contribution >= 4 is 29.1 Å². The number of hydrogen-bond donors (Lipinski definition) is 2. The Balaban J connectivity index is 1.98. The Morgan fingerprint density at radius 3 is 2.54 bits per heavy atom. The van der Waals surface area contributed by atoms with Crippen LogP contribution < -0.4 is 0 Å². The van der Waals surface area contributed by atoms with E-state index in [0.29, 0.717) is 19.5 Å². The molecule has 0 spiro atoms. The Hall–Kier alpha value is -2.28. The van der Waals surface area contributed by atoms with Crippen LogP contribution in [0.15, 0.2) is 36.4 Å². The molecule has 0 radical (unpaired) electrons.